The van der Waals surface area contributed by atoms with Crippen LogP contribution in [-0.2, 0) is 6.42 Å². The smallest absolute Gasteiger partial charge is 0.270 e. The summed E-state index contributed by atoms with van der Waals surface area (Å²) in [7, 11) is 0. The topological polar surface area (TPSA) is 127 Å². The molecule has 0 unspecified atom stereocenters. The highest BCUT2D eigenvalue weighted by molar-refractivity contribution is 5.92. The maximum atomic E-state index is 12.8. The summed E-state index contributed by atoms with van der Waals surface area (Å²) in [6.07, 6.45) is 7.65. The summed E-state index contributed by atoms with van der Waals surface area (Å²) < 4.78 is 1.72. The molecule has 10 heteroatoms. The first kappa shape index (κ1) is 24.0. The van der Waals surface area contributed by atoms with Gasteiger partial charge in [-0.25, -0.2) is 19.6 Å². The van der Waals surface area contributed by atoms with Gasteiger partial charge in [0, 0.05) is 42.0 Å². The number of nitrogens with one attached hydrogen (secondary N) is 2. The van der Waals surface area contributed by atoms with Gasteiger partial charge in [0.15, 0.2) is 11.6 Å². The first-order chi connectivity index (χ1) is 17.8. The second kappa shape index (κ2) is 10.1. The molecular weight excluding hydrogens is 466 g/mol. The third-order valence-electron chi connectivity index (χ3n) is 5.85. The van der Waals surface area contributed by atoms with E-state index in [2.05, 4.69) is 40.5 Å². The molecule has 0 saturated heterocycles. The zero-order chi connectivity index (χ0) is 25.9. The van der Waals surface area contributed by atoms with Gasteiger partial charge >= 0.3 is 0 Å². The van der Waals surface area contributed by atoms with Crippen molar-refractivity contribution in [1.82, 2.24) is 45.2 Å². The predicted molar refractivity (Wildman–Crippen MR) is 138 cm³/mol. The molecule has 0 radical (unpaired) electrons. The Labute approximate surface area is 214 Å². The Morgan fingerprint density at radius 2 is 1.86 bits per heavy atom. The summed E-state index contributed by atoms with van der Waals surface area (Å²) in [6, 6.07) is 11.0. The van der Waals surface area contributed by atoms with E-state index >= 15 is 0 Å². The lowest BCUT2D eigenvalue weighted by Crippen LogP contribution is -2.27. The van der Waals surface area contributed by atoms with Crippen LogP contribution in [0.25, 0.3) is 17.2 Å². The van der Waals surface area contributed by atoms with Crippen LogP contribution < -0.4 is 5.32 Å². The third-order valence-corrected chi connectivity index (χ3v) is 5.85. The third kappa shape index (κ3) is 5.58. The molecule has 0 bridgehead atoms. The van der Waals surface area contributed by atoms with Crippen molar-refractivity contribution in [3.05, 3.63) is 101 Å². The number of rotatable bonds is 7. The molecule has 5 heterocycles. The number of aryl methyl sites for hydroxylation is 3. The van der Waals surface area contributed by atoms with Gasteiger partial charge in [0.1, 0.15) is 5.69 Å². The molecule has 0 spiro atoms. The number of hydrogen-bond donors (Lipinski definition) is 2. The molecule has 37 heavy (non-hydrogen) atoms. The summed E-state index contributed by atoms with van der Waals surface area (Å²) in [5, 5.41) is 14.5. The summed E-state index contributed by atoms with van der Waals surface area (Å²) >= 11 is 0. The van der Waals surface area contributed by atoms with Crippen molar-refractivity contribution in [1.29, 1.82) is 0 Å². The van der Waals surface area contributed by atoms with Crippen molar-refractivity contribution in [2.24, 2.45) is 0 Å². The van der Waals surface area contributed by atoms with Crippen LogP contribution in [0.1, 0.15) is 57.4 Å². The van der Waals surface area contributed by atoms with Gasteiger partial charge in [-0.05, 0) is 69.2 Å². The van der Waals surface area contributed by atoms with Crippen LogP contribution in [0.2, 0.25) is 0 Å². The summed E-state index contributed by atoms with van der Waals surface area (Å²) in [5.74, 6) is 1.01. The number of aromatic amines is 1. The summed E-state index contributed by atoms with van der Waals surface area (Å²) in [4.78, 5) is 30.9. The van der Waals surface area contributed by atoms with Crippen LogP contribution in [0.3, 0.4) is 0 Å². The van der Waals surface area contributed by atoms with Gasteiger partial charge in [-0.1, -0.05) is 6.07 Å². The summed E-state index contributed by atoms with van der Waals surface area (Å²) in [5.41, 5.74) is 6.63. The first-order valence-electron chi connectivity index (χ1n) is 11.9. The molecular formula is C27H27N9O. The molecule has 1 amide bonds. The zero-order valence-corrected chi connectivity index (χ0v) is 21.1. The van der Waals surface area contributed by atoms with Crippen molar-refractivity contribution in [2.75, 3.05) is 0 Å². The Morgan fingerprint density at radius 1 is 1.00 bits per heavy atom. The fourth-order valence-electron chi connectivity index (χ4n) is 3.95. The second-order valence-electron chi connectivity index (χ2n) is 9.08. The molecule has 2 N–H and O–H groups in total. The van der Waals surface area contributed by atoms with E-state index in [1.54, 1.807) is 29.3 Å². The standard InChI is InChI=1S/C27H27N9O/c1-16-12-30-36(15-16)25-8-6-20(13-29-25)19(4)32-27(37)24-7-5-21(14-28-24)26-31-17(2)9-22(33-26)11-23-10-18(3)34-35-23/h5-10,12-15,19H,11H2,1-4H3,(H,32,37)(H,34,35)/t19-/m1/s1. The van der Waals surface area contributed by atoms with Gasteiger partial charge in [-0.2, -0.15) is 10.2 Å². The molecule has 0 aromatic carbocycles. The normalized spacial score (nSPS) is 11.9. The lowest BCUT2D eigenvalue weighted by atomic mass is 10.1. The number of pyridine rings is 2. The predicted octanol–water partition coefficient (Wildman–Crippen LogP) is 3.85. The minimum Gasteiger partial charge on any atom is -0.344 e. The maximum Gasteiger partial charge on any atom is 0.270 e. The van der Waals surface area contributed by atoms with E-state index in [0.717, 1.165) is 39.5 Å². The van der Waals surface area contributed by atoms with Crippen molar-refractivity contribution in [3.63, 3.8) is 0 Å². The molecule has 5 aromatic rings. The minimum atomic E-state index is -0.273. The van der Waals surface area contributed by atoms with E-state index in [1.165, 1.54) is 0 Å². The number of hydrogen-bond acceptors (Lipinski definition) is 7. The van der Waals surface area contributed by atoms with Crippen LogP contribution in [0.5, 0.6) is 0 Å². The number of nitrogens with zero attached hydrogens (tertiary/aromatic N) is 7. The van der Waals surface area contributed by atoms with Gasteiger partial charge in [-0.3, -0.25) is 14.9 Å². The Kier molecular flexibility index (Phi) is 6.55. The molecule has 0 fully saturated rings. The van der Waals surface area contributed by atoms with Crippen LogP contribution in [0.4, 0.5) is 0 Å². The number of amides is 1. The van der Waals surface area contributed by atoms with Crippen LogP contribution in [0.15, 0.2) is 61.2 Å². The fraction of sp³-hybridized carbons (Fsp3) is 0.222. The van der Waals surface area contributed by atoms with E-state index in [9.17, 15) is 4.79 Å². The number of carbonyl (C=O) groups is 1. The largest absolute Gasteiger partial charge is 0.344 e. The highest BCUT2D eigenvalue weighted by Crippen LogP contribution is 2.18. The maximum absolute atomic E-state index is 12.8. The first-order valence-corrected chi connectivity index (χ1v) is 11.9. The molecule has 0 aliphatic heterocycles. The monoisotopic (exact) mass is 493 g/mol. The van der Waals surface area contributed by atoms with Gasteiger partial charge in [0.2, 0.25) is 0 Å². The second-order valence-corrected chi connectivity index (χ2v) is 9.08. The highest BCUT2D eigenvalue weighted by atomic mass is 16.1. The Bertz CT molecular complexity index is 1540. The highest BCUT2D eigenvalue weighted by Gasteiger charge is 2.15. The number of H-pyrrole nitrogens is 1. The van der Waals surface area contributed by atoms with Crippen LogP contribution in [-0.4, -0.2) is 45.8 Å². The molecule has 0 aliphatic carbocycles. The van der Waals surface area contributed by atoms with Crippen LogP contribution >= 0.6 is 0 Å². The van der Waals surface area contributed by atoms with E-state index in [1.807, 2.05) is 64.2 Å². The molecule has 10 nitrogen and oxygen atoms in total. The fourth-order valence-corrected chi connectivity index (χ4v) is 3.95. The van der Waals surface area contributed by atoms with Gasteiger partial charge in [0.05, 0.1) is 23.6 Å². The molecule has 186 valence electrons. The quantitative estimate of drug-likeness (QED) is 0.352. The molecule has 5 rings (SSSR count). The van der Waals surface area contributed by atoms with Crippen molar-refractivity contribution in [2.45, 2.75) is 40.2 Å². The van der Waals surface area contributed by atoms with E-state index in [-0.39, 0.29) is 11.9 Å². The molecule has 5 aromatic heterocycles. The van der Waals surface area contributed by atoms with Crippen molar-refractivity contribution < 1.29 is 4.79 Å². The van der Waals surface area contributed by atoms with Gasteiger partial charge in [0.25, 0.3) is 5.91 Å². The molecule has 0 aliphatic rings. The Hall–Kier alpha value is -4.73. The SMILES string of the molecule is Cc1cnn(-c2ccc([C@@H](C)NC(=O)c3ccc(-c4nc(C)cc(Cc5cc(C)[nH]n5)n4)cn3)cn2)c1. The average Bonchev–Trinajstić information content (AvgIpc) is 3.51. The molecule has 0 saturated carbocycles. The average molecular weight is 494 g/mol. The minimum absolute atomic E-state index is 0.247. The lowest BCUT2D eigenvalue weighted by molar-refractivity contribution is 0.0935. The number of carbonyl (C=O) groups excluding carboxylic acids is 1. The number of aromatic nitrogens is 8. The zero-order valence-electron chi connectivity index (χ0n) is 21.1. The molecule has 1 atom stereocenters. The van der Waals surface area contributed by atoms with Crippen molar-refractivity contribution >= 4 is 5.91 Å². The van der Waals surface area contributed by atoms with E-state index in [4.69, 9.17) is 0 Å². The Morgan fingerprint density at radius 3 is 2.51 bits per heavy atom. The van der Waals surface area contributed by atoms with Crippen molar-refractivity contribution in [3.8, 4) is 17.2 Å². The van der Waals surface area contributed by atoms with Gasteiger partial charge in [-0.15, -0.1) is 0 Å². The van der Waals surface area contributed by atoms with Gasteiger partial charge < -0.3 is 5.32 Å². The van der Waals surface area contributed by atoms with Crippen LogP contribution in [0, 0.1) is 20.8 Å². The van der Waals surface area contributed by atoms with E-state index < -0.39 is 0 Å². The van der Waals surface area contributed by atoms with E-state index in [0.29, 0.717) is 23.8 Å². The summed E-state index contributed by atoms with van der Waals surface area (Å²) in [6.45, 7) is 7.78. The Balaban J connectivity index is 1.25. The lowest BCUT2D eigenvalue weighted by Gasteiger charge is -2.14.